The zero-order valence-electron chi connectivity index (χ0n) is 6.22. The highest BCUT2D eigenvalue weighted by Gasteiger charge is 1.96. The Morgan fingerprint density at radius 3 is 3.00 bits per heavy atom. The molecule has 0 saturated heterocycles. The van der Waals surface area contributed by atoms with Gasteiger partial charge in [0.05, 0.1) is 0 Å². The Morgan fingerprint density at radius 1 is 1.64 bits per heavy atom. The molecule has 11 heavy (non-hydrogen) atoms. The van der Waals surface area contributed by atoms with Crippen LogP contribution in [-0.4, -0.2) is 25.1 Å². The smallest absolute Gasteiger partial charge is 0.184 e. The van der Waals surface area contributed by atoms with Crippen molar-refractivity contribution in [3.63, 3.8) is 0 Å². The van der Waals surface area contributed by atoms with Crippen LogP contribution in [0, 0.1) is 0 Å². The number of rotatable bonds is 4. The van der Waals surface area contributed by atoms with Crippen molar-refractivity contribution >= 4 is 28.1 Å². The largest absolute Gasteiger partial charge is 0.360 e. The minimum atomic E-state index is 0.557. The molecule has 0 fully saturated rings. The summed E-state index contributed by atoms with van der Waals surface area (Å²) in [5.41, 5.74) is 0. The molecule has 0 saturated carbocycles. The molecular formula is C6H10ClN3S. The van der Waals surface area contributed by atoms with Gasteiger partial charge in [-0.15, -0.1) is 11.3 Å². The van der Waals surface area contributed by atoms with Crippen LogP contribution in [0.2, 0.25) is 5.15 Å². The first-order chi connectivity index (χ1) is 5.33. The van der Waals surface area contributed by atoms with Gasteiger partial charge in [0.25, 0.3) is 0 Å². The summed E-state index contributed by atoms with van der Waals surface area (Å²) in [6.45, 7) is 1.80. The Kier molecular flexibility index (Phi) is 3.62. The van der Waals surface area contributed by atoms with Gasteiger partial charge in [-0.3, -0.25) is 0 Å². The normalized spacial score (nSPS) is 10.0. The quantitative estimate of drug-likeness (QED) is 0.708. The number of hydrogen-bond acceptors (Lipinski definition) is 4. The number of nitrogens with one attached hydrogen (secondary N) is 2. The fourth-order valence-electron chi connectivity index (χ4n) is 0.630. The summed E-state index contributed by atoms with van der Waals surface area (Å²) in [5, 5.41) is 9.40. The van der Waals surface area contributed by atoms with Gasteiger partial charge in [0.15, 0.2) is 5.13 Å². The lowest BCUT2D eigenvalue weighted by Gasteiger charge is -1.99. The fraction of sp³-hybridized carbons (Fsp3) is 0.500. The van der Waals surface area contributed by atoms with Crippen molar-refractivity contribution in [1.82, 2.24) is 10.3 Å². The maximum absolute atomic E-state index is 5.62. The van der Waals surface area contributed by atoms with Crippen LogP contribution >= 0.6 is 22.9 Å². The highest BCUT2D eigenvalue weighted by molar-refractivity contribution is 7.14. The fourth-order valence-corrected chi connectivity index (χ4v) is 1.50. The van der Waals surface area contributed by atoms with Crippen LogP contribution in [0.1, 0.15) is 0 Å². The summed E-state index contributed by atoms with van der Waals surface area (Å²) in [5.74, 6) is 0. The number of likely N-dealkylation sites (N-methyl/N-ethyl adjacent to an activating group) is 1. The monoisotopic (exact) mass is 191 g/mol. The molecule has 1 aromatic rings. The Hall–Kier alpha value is -0.320. The summed E-state index contributed by atoms with van der Waals surface area (Å²) in [4.78, 5) is 4.03. The van der Waals surface area contributed by atoms with Crippen molar-refractivity contribution < 1.29 is 0 Å². The van der Waals surface area contributed by atoms with Crippen LogP contribution in [0.25, 0.3) is 0 Å². The lowest BCUT2D eigenvalue weighted by molar-refractivity contribution is 0.823. The molecule has 0 aliphatic rings. The molecule has 2 N–H and O–H groups in total. The summed E-state index contributed by atoms with van der Waals surface area (Å²) in [7, 11) is 1.91. The molecule has 0 aliphatic carbocycles. The first-order valence-corrected chi connectivity index (χ1v) is 4.58. The SMILES string of the molecule is CNCCNc1nc(Cl)cs1. The molecule has 5 heteroatoms. The Morgan fingerprint density at radius 2 is 2.45 bits per heavy atom. The number of halogens is 1. The van der Waals surface area contributed by atoms with E-state index in [0.29, 0.717) is 5.15 Å². The lowest BCUT2D eigenvalue weighted by Crippen LogP contribution is -2.17. The zero-order valence-corrected chi connectivity index (χ0v) is 7.80. The molecular weight excluding hydrogens is 182 g/mol. The van der Waals surface area contributed by atoms with Gasteiger partial charge in [0.1, 0.15) is 5.15 Å². The summed E-state index contributed by atoms with van der Waals surface area (Å²) >= 11 is 7.13. The number of hydrogen-bond donors (Lipinski definition) is 2. The van der Waals surface area contributed by atoms with Gasteiger partial charge in [-0.25, -0.2) is 4.98 Å². The molecule has 0 atom stereocenters. The molecule has 3 nitrogen and oxygen atoms in total. The topological polar surface area (TPSA) is 37.0 Å². The standard InChI is InChI=1S/C6H10ClN3S/c1-8-2-3-9-6-10-5(7)4-11-6/h4,8H,2-3H2,1H3,(H,9,10). The predicted octanol–water partition coefficient (Wildman–Crippen LogP) is 1.43. The van der Waals surface area contributed by atoms with Gasteiger partial charge in [-0.2, -0.15) is 0 Å². The Balaban J connectivity index is 2.27. The zero-order chi connectivity index (χ0) is 8.10. The third kappa shape index (κ3) is 3.05. The third-order valence-electron chi connectivity index (χ3n) is 1.13. The molecule has 0 radical (unpaired) electrons. The number of anilines is 1. The third-order valence-corrected chi connectivity index (χ3v) is 2.25. The molecule has 0 bridgehead atoms. The van der Waals surface area contributed by atoms with Crippen molar-refractivity contribution in [2.24, 2.45) is 0 Å². The van der Waals surface area contributed by atoms with E-state index in [1.165, 1.54) is 11.3 Å². The van der Waals surface area contributed by atoms with Gasteiger partial charge < -0.3 is 10.6 Å². The molecule has 0 unspecified atom stereocenters. The molecule has 0 amide bonds. The first kappa shape index (κ1) is 8.77. The van der Waals surface area contributed by atoms with Gasteiger partial charge in [-0.1, -0.05) is 11.6 Å². The maximum atomic E-state index is 5.62. The highest BCUT2D eigenvalue weighted by atomic mass is 35.5. The molecule has 0 aromatic carbocycles. The summed E-state index contributed by atoms with van der Waals surface area (Å²) in [6, 6.07) is 0. The number of aromatic nitrogens is 1. The predicted molar refractivity (Wildman–Crippen MR) is 49.5 cm³/mol. The lowest BCUT2D eigenvalue weighted by atomic mass is 10.6. The van der Waals surface area contributed by atoms with Crippen molar-refractivity contribution in [3.8, 4) is 0 Å². The number of thiazole rings is 1. The van der Waals surface area contributed by atoms with Crippen LogP contribution in [0.4, 0.5) is 5.13 Å². The van der Waals surface area contributed by atoms with Crippen LogP contribution in [0.5, 0.6) is 0 Å². The maximum Gasteiger partial charge on any atom is 0.184 e. The van der Waals surface area contributed by atoms with E-state index in [0.717, 1.165) is 18.2 Å². The van der Waals surface area contributed by atoms with E-state index in [2.05, 4.69) is 15.6 Å². The van der Waals surface area contributed by atoms with E-state index in [1.807, 2.05) is 12.4 Å². The Bertz CT molecular complexity index is 213. The van der Waals surface area contributed by atoms with Crippen molar-refractivity contribution in [2.75, 3.05) is 25.5 Å². The van der Waals surface area contributed by atoms with E-state index in [9.17, 15) is 0 Å². The van der Waals surface area contributed by atoms with Gasteiger partial charge >= 0.3 is 0 Å². The molecule has 0 spiro atoms. The first-order valence-electron chi connectivity index (χ1n) is 3.32. The average Bonchev–Trinajstić information content (AvgIpc) is 2.37. The van der Waals surface area contributed by atoms with E-state index >= 15 is 0 Å². The van der Waals surface area contributed by atoms with Gasteiger partial charge in [0.2, 0.25) is 0 Å². The Labute approximate surface area is 74.8 Å². The minimum Gasteiger partial charge on any atom is -0.360 e. The number of nitrogens with zero attached hydrogens (tertiary/aromatic N) is 1. The van der Waals surface area contributed by atoms with E-state index in [4.69, 9.17) is 11.6 Å². The minimum absolute atomic E-state index is 0.557. The second-order valence-corrected chi connectivity index (χ2v) is 3.25. The van der Waals surface area contributed by atoms with E-state index in [-0.39, 0.29) is 0 Å². The summed E-state index contributed by atoms with van der Waals surface area (Å²) in [6.07, 6.45) is 0. The van der Waals surface area contributed by atoms with Crippen LogP contribution in [0.15, 0.2) is 5.38 Å². The van der Waals surface area contributed by atoms with Crippen molar-refractivity contribution in [3.05, 3.63) is 10.5 Å². The molecule has 1 rings (SSSR count). The van der Waals surface area contributed by atoms with Gasteiger partial charge in [0, 0.05) is 18.5 Å². The summed E-state index contributed by atoms with van der Waals surface area (Å²) < 4.78 is 0. The van der Waals surface area contributed by atoms with Crippen LogP contribution in [-0.2, 0) is 0 Å². The molecule has 62 valence electrons. The second-order valence-electron chi connectivity index (χ2n) is 2.01. The van der Waals surface area contributed by atoms with E-state index in [1.54, 1.807) is 0 Å². The molecule has 1 heterocycles. The van der Waals surface area contributed by atoms with Crippen LogP contribution in [0.3, 0.4) is 0 Å². The average molecular weight is 192 g/mol. The van der Waals surface area contributed by atoms with Gasteiger partial charge in [-0.05, 0) is 7.05 Å². The van der Waals surface area contributed by atoms with Crippen molar-refractivity contribution in [1.29, 1.82) is 0 Å². The van der Waals surface area contributed by atoms with E-state index < -0.39 is 0 Å². The van der Waals surface area contributed by atoms with Crippen LogP contribution < -0.4 is 10.6 Å². The highest BCUT2D eigenvalue weighted by Crippen LogP contribution is 2.17. The second kappa shape index (κ2) is 4.54. The molecule has 1 aromatic heterocycles. The molecule has 0 aliphatic heterocycles. The van der Waals surface area contributed by atoms with Crippen molar-refractivity contribution in [2.45, 2.75) is 0 Å².